The fraction of sp³-hybridized carbons (Fsp3) is 0.200. The Labute approximate surface area is 124 Å². The molecule has 2 nitrogen and oxygen atoms in total. The topological polar surface area (TPSA) is 43.1 Å². The quantitative estimate of drug-likeness (QED) is 0.885. The van der Waals surface area contributed by atoms with Crippen molar-refractivity contribution in [2.45, 2.75) is 21.5 Å². The van der Waals surface area contributed by atoms with Gasteiger partial charge in [-0.3, -0.25) is 4.21 Å². The van der Waals surface area contributed by atoms with Crippen molar-refractivity contribution in [2.24, 2.45) is 0 Å². The van der Waals surface area contributed by atoms with E-state index in [-0.39, 0.29) is 10.9 Å². The van der Waals surface area contributed by atoms with Gasteiger partial charge in [-0.1, -0.05) is 18.2 Å². The highest BCUT2D eigenvalue weighted by atomic mass is 32.2. The Morgan fingerprint density at radius 2 is 2.10 bits per heavy atom. The van der Waals surface area contributed by atoms with Crippen LogP contribution in [0.1, 0.15) is 5.56 Å². The Hall–Kier alpha value is -1.33. The molecule has 0 bridgehead atoms. The SMILES string of the molecule is Nc1ccc(S(=O)CC2Cc3ccccc3S2)cc1F. The molecule has 104 valence electrons. The number of halogens is 1. The molecule has 1 aliphatic heterocycles. The molecule has 0 amide bonds. The van der Waals surface area contributed by atoms with Crippen LogP contribution in [0.25, 0.3) is 0 Å². The molecule has 0 fully saturated rings. The predicted molar refractivity (Wildman–Crippen MR) is 81.9 cm³/mol. The number of anilines is 1. The van der Waals surface area contributed by atoms with E-state index in [1.54, 1.807) is 17.8 Å². The van der Waals surface area contributed by atoms with Crippen molar-refractivity contribution < 1.29 is 8.60 Å². The number of rotatable bonds is 3. The smallest absolute Gasteiger partial charge is 0.147 e. The maximum atomic E-state index is 13.4. The second-order valence-corrected chi connectivity index (χ2v) is 7.59. The van der Waals surface area contributed by atoms with E-state index in [0.717, 1.165) is 6.42 Å². The molecule has 2 aromatic carbocycles. The molecule has 3 rings (SSSR count). The van der Waals surface area contributed by atoms with Crippen LogP contribution in [0, 0.1) is 5.82 Å². The Bertz CT molecular complexity index is 650. The van der Waals surface area contributed by atoms with Crippen molar-refractivity contribution in [3.05, 3.63) is 53.8 Å². The van der Waals surface area contributed by atoms with E-state index in [0.29, 0.717) is 10.6 Å². The Balaban J connectivity index is 1.70. The fourth-order valence-corrected chi connectivity index (χ4v) is 5.09. The molecular formula is C15H14FNOS2. The fourth-order valence-electron chi connectivity index (χ4n) is 2.26. The molecule has 0 aromatic heterocycles. The summed E-state index contributed by atoms with van der Waals surface area (Å²) >= 11 is 1.76. The predicted octanol–water partition coefficient (Wildman–Crippen LogP) is 3.23. The van der Waals surface area contributed by atoms with E-state index in [4.69, 9.17) is 5.73 Å². The van der Waals surface area contributed by atoms with Crippen molar-refractivity contribution in [2.75, 3.05) is 11.5 Å². The molecule has 1 heterocycles. The molecule has 2 aromatic rings. The molecule has 0 spiro atoms. The van der Waals surface area contributed by atoms with E-state index < -0.39 is 16.6 Å². The molecule has 2 N–H and O–H groups in total. The van der Waals surface area contributed by atoms with Crippen LogP contribution < -0.4 is 5.73 Å². The van der Waals surface area contributed by atoms with Gasteiger partial charge in [-0.05, 0) is 36.2 Å². The largest absolute Gasteiger partial charge is 0.396 e. The van der Waals surface area contributed by atoms with E-state index in [9.17, 15) is 8.60 Å². The van der Waals surface area contributed by atoms with Crippen LogP contribution >= 0.6 is 11.8 Å². The number of fused-ring (bicyclic) bond motifs is 1. The Kier molecular flexibility index (Phi) is 3.81. The maximum Gasteiger partial charge on any atom is 0.147 e. The summed E-state index contributed by atoms with van der Waals surface area (Å²) in [7, 11) is -1.20. The minimum atomic E-state index is -1.20. The first-order valence-corrected chi connectivity index (χ1v) is 8.51. The van der Waals surface area contributed by atoms with Gasteiger partial charge in [-0.25, -0.2) is 4.39 Å². The van der Waals surface area contributed by atoms with Crippen LogP contribution in [-0.2, 0) is 17.2 Å². The van der Waals surface area contributed by atoms with Crippen LogP contribution in [0.15, 0.2) is 52.3 Å². The standard InChI is InChI=1S/C15H14FNOS2/c16-13-8-12(5-6-14(13)17)20(18)9-11-7-10-3-1-2-4-15(10)19-11/h1-6,8,11H,7,9,17H2. The normalized spacial score (nSPS) is 18.8. The molecule has 0 saturated carbocycles. The third-order valence-electron chi connectivity index (χ3n) is 3.29. The van der Waals surface area contributed by atoms with Gasteiger partial charge in [-0.15, -0.1) is 11.8 Å². The molecule has 0 saturated heterocycles. The second-order valence-electron chi connectivity index (χ2n) is 4.75. The Morgan fingerprint density at radius 1 is 1.30 bits per heavy atom. The highest BCUT2D eigenvalue weighted by Gasteiger charge is 2.24. The number of hydrogen-bond acceptors (Lipinski definition) is 3. The van der Waals surface area contributed by atoms with Crippen LogP contribution in [0.3, 0.4) is 0 Å². The molecule has 2 atom stereocenters. The van der Waals surface area contributed by atoms with E-state index >= 15 is 0 Å². The lowest BCUT2D eigenvalue weighted by molar-refractivity contribution is 0.627. The molecule has 2 unspecified atom stereocenters. The highest BCUT2D eigenvalue weighted by Crippen LogP contribution is 2.37. The summed E-state index contributed by atoms with van der Waals surface area (Å²) in [6.45, 7) is 0. The van der Waals surface area contributed by atoms with E-state index in [1.807, 2.05) is 12.1 Å². The minimum absolute atomic E-state index is 0.0911. The summed E-state index contributed by atoms with van der Waals surface area (Å²) in [4.78, 5) is 1.77. The van der Waals surface area contributed by atoms with Crippen LogP contribution in [-0.4, -0.2) is 15.2 Å². The molecule has 0 radical (unpaired) electrons. The van der Waals surface area contributed by atoms with Gasteiger partial charge in [-0.2, -0.15) is 0 Å². The zero-order valence-electron chi connectivity index (χ0n) is 10.7. The number of thioether (sulfide) groups is 1. The summed E-state index contributed by atoms with van der Waals surface area (Å²) in [6.07, 6.45) is 0.921. The molecular weight excluding hydrogens is 293 g/mol. The third-order valence-corrected chi connectivity index (χ3v) is 6.30. The number of nitrogen functional groups attached to an aromatic ring is 1. The molecule has 5 heteroatoms. The summed E-state index contributed by atoms with van der Waals surface area (Å²) in [5.74, 6) is 0.0288. The number of nitrogens with two attached hydrogens (primary N) is 1. The lowest BCUT2D eigenvalue weighted by atomic mass is 10.1. The first-order valence-electron chi connectivity index (χ1n) is 6.31. The van der Waals surface area contributed by atoms with Gasteiger partial charge in [0.25, 0.3) is 0 Å². The summed E-state index contributed by atoms with van der Waals surface area (Å²) < 4.78 is 25.7. The number of benzene rings is 2. The molecule has 1 aliphatic rings. The van der Waals surface area contributed by atoms with Gasteiger partial charge in [0.05, 0.1) is 16.5 Å². The lowest BCUT2D eigenvalue weighted by Gasteiger charge is -2.08. The van der Waals surface area contributed by atoms with Gasteiger partial charge in [0.15, 0.2) is 0 Å². The van der Waals surface area contributed by atoms with Crippen LogP contribution in [0.5, 0.6) is 0 Å². The van der Waals surface area contributed by atoms with Crippen molar-refractivity contribution in [1.82, 2.24) is 0 Å². The van der Waals surface area contributed by atoms with Gasteiger partial charge >= 0.3 is 0 Å². The van der Waals surface area contributed by atoms with Crippen molar-refractivity contribution in [1.29, 1.82) is 0 Å². The number of hydrogen-bond donors (Lipinski definition) is 1. The Morgan fingerprint density at radius 3 is 2.85 bits per heavy atom. The second kappa shape index (κ2) is 5.58. The third kappa shape index (κ3) is 2.74. The monoisotopic (exact) mass is 307 g/mol. The average Bonchev–Trinajstić information content (AvgIpc) is 2.83. The average molecular weight is 307 g/mol. The molecule has 0 aliphatic carbocycles. The van der Waals surface area contributed by atoms with E-state index in [1.165, 1.54) is 22.6 Å². The lowest BCUT2D eigenvalue weighted by Crippen LogP contribution is -2.13. The summed E-state index contributed by atoms with van der Waals surface area (Å²) in [5, 5.41) is 0.286. The van der Waals surface area contributed by atoms with E-state index in [2.05, 4.69) is 12.1 Å². The zero-order chi connectivity index (χ0) is 14.1. The van der Waals surface area contributed by atoms with Gasteiger partial charge < -0.3 is 5.73 Å². The first kappa shape index (κ1) is 13.6. The van der Waals surface area contributed by atoms with Gasteiger partial charge in [0.1, 0.15) is 5.82 Å². The maximum absolute atomic E-state index is 13.4. The summed E-state index contributed by atoms with van der Waals surface area (Å²) in [6, 6.07) is 12.6. The van der Waals surface area contributed by atoms with Crippen LogP contribution in [0.2, 0.25) is 0 Å². The van der Waals surface area contributed by atoms with Crippen molar-refractivity contribution >= 4 is 28.2 Å². The zero-order valence-corrected chi connectivity index (χ0v) is 12.3. The van der Waals surface area contributed by atoms with Crippen molar-refractivity contribution in [3.8, 4) is 0 Å². The molecule has 20 heavy (non-hydrogen) atoms. The van der Waals surface area contributed by atoms with Gasteiger partial charge in [0, 0.05) is 20.8 Å². The highest BCUT2D eigenvalue weighted by molar-refractivity contribution is 8.01. The van der Waals surface area contributed by atoms with Gasteiger partial charge in [0.2, 0.25) is 0 Å². The van der Waals surface area contributed by atoms with Crippen molar-refractivity contribution in [3.63, 3.8) is 0 Å². The first-order chi connectivity index (χ1) is 9.63. The summed E-state index contributed by atoms with van der Waals surface area (Å²) in [5.41, 5.74) is 6.83. The minimum Gasteiger partial charge on any atom is -0.396 e. The van der Waals surface area contributed by atoms with Crippen LogP contribution in [0.4, 0.5) is 10.1 Å².